The van der Waals surface area contributed by atoms with E-state index >= 15 is 0 Å². The third kappa shape index (κ3) is 2.75. The summed E-state index contributed by atoms with van der Waals surface area (Å²) in [5.41, 5.74) is 2.94. The zero-order valence-corrected chi connectivity index (χ0v) is 13.8. The second kappa shape index (κ2) is 6.39. The molecule has 0 aliphatic heterocycles. The number of carbonyl (C=O) groups excluding carboxylic acids is 1. The van der Waals surface area contributed by atoms with E-state index in [2.05, 4.69) is 5.18 Å². The monoisotopic (exact) mass is 326 g/mol. The number of fused-ring (bicyclic) bond motifs is 1. The maximum Gasteiger partial charge on any atom is 0.292 e. The topological polar surface area (TPSA) is 73.8 Å². The molecule has 0 saturated heterocycles. The summed E-state index contributed by atoms with van der Waals surface area (Å²) < 4.78 is 1.77. The molecule has 0 fully saturated rings. The summed E-state index contributed by atoms with van der Waals surface area (Å²) in [5, 5.41) is 13.7. The molecule has 1 atom stereocenters. The fourth-order valence-electron chi connectivity index (χ4n) is 3.27. The predicted molar refractivity (Wildman–Crippen MR) is 89.7 cm³/mol. The molecule has 0 spiro atoms. The van der Waals surface area contributed by atoms with Gasteiger partial charge in [-0.15, -0.1) is 0 Å². The summed E-state index contributed by atoms with van der Waals surface area (Å²) in [6.45, 7) is 2.10. The molecule has 0 radical (unpaired) electrons. The van der Waals surface area contributed by atoms with Crippen molar-refractivity contribution in [3.8, 4) is 5.75 Å². The van der Waals surface area contributed by atoms with Crippen LogP contribution in [0.4, 0.5) is 5.69 Å². The van der Waals surface area contributed by atoms with Crippen LogP contribution in [0.25, 0.3) is 0 Å². The van der Waals surface area contributed by atoms with E-state index in [0.717, 1.165) is 17.5 Å². The molecule has 1 aliphatic carbocycles. The molecule has 0 saturated carbocycles. The average Bonchev–Trinajstić information content (AvgIpc) is 3.03. The zero-order valence-electron chi connectivity index (χ0n) is 13.8. The first-order valence-electron chi connectivity index (χ1n) is 7.91. The summed E-state index contributed by atoms with van der Waals surface area (Å²) in [6, 6.07) is 6.85. The first-order valence-corrected chi connectivity index (χ1v) is 7.91. The van der Waals surface area contributed by atoms with Gasteiger partial charge < -0.3 is 10.0 Å². The lowest BCUT2D eigenvalue weighted by Gasteiger charge is -2.21. The largest absolute Gasteiger partial charge is 0.505 e. The molecule has 1 aromatic heterocycles. The number of aromatic hydroxyl groups is 1. The lowest BCUT2D eigenvalue weighted by Crippen LogP contribution is -2.43. The molecule has 1 N–H and O–H groups in total. The van der Waals surface area contributed by atoms with Crippen molar-refractivity contribution in [3.05, 3.63) is 58.3 Å². The Labute approximate surface area is 140 Å². The van der Waals surface area contributed by atoms with Crippen LogP contribution in [0, 0.1) is 11.8 Å². The van der Waals surface area contributed by atoms with Gasteiger partial charge in [0.2, 0.25) is 6.54 Å². The van der Waals surface area contributed by atoms with Crippen molar-refractivity contribution in [2.75, 3.05) is 11.9 Å². The van der Waals surface area contributed by atoms with Crippen LogP contribution < -0.4 is 9.47 Å². The summed E-state index contributed by atoms with van der Waals surface area (Å²) in [6.07, 6.45) is 4.95. The number of amides is 1. The summed E-state index contributed by atoms with van der Waals surface area (Å²) in [4.78, 5) is 25.0. The molecule has 6 nitrogen and oxygen atoms in total. The molecule has 1 heterocycles. The van der Waals surface area contributed by atoms with Crippen molar-refractivity contribution in [2.45, 2.75) is 32.4 Å². The number of nitroso groups, excluding NO2 is 1. The minimum atomic E-state index is -0.536. The van der Waals surface area contributed by atoms with E-state index in [1.165, 1.54) is 4.90 Å². The minimum Gasteiger partial charge on any atom is -0.505 e. The fourth-order valence-corrected chi connectivity index (χ4v) is 3.27. The Morgan fingerprint density at radius 1 is 1.38 bits per heavy atom. The lowest BCUT2D eigenvalue weighted by atomic mass is 10.00. The third-order valence-electron chi connectivity index (χ3n) is 4.61. The van der Waals surface area contributed by atoms with Gasteiger partial charge in [-0.3, -0.25) is 4.79 Å². The molecule has 3 rings (SSSR count). The first kappa shape index (κ1) is 16.1. The van der Waals surface area contributed by atoms with Gasteiger partial charge in [0.1, 0.15) is 11.8 Å². The molecule has 1 aliphatic rings. The van der Waals surface area contributed by atoms with Crippen molar-refractivity contribution >= 4 is 11.6 Å². The van der Waals surface area contributed by atoms with Gasteiger partial charge in [-0.2, -0.15) is 9.47 Å². The van der Waals surface area contributed by atoms with Crippen molar-refractivity contribution in [3.63, 3.8) is 0 Å². The molecule has 0 bridgehead atoms. The number of aryl methyl sites for hydroxylation is 1. The molecule has 1 amide bonds. The third-order valence-corrected chi connectivity index (χ3v) is 4.61. The number of pyridine rings is 1. The molecule has 24 heavy (non-hydrogen) atoms. The number of aromatic nitrogens is 1. The Balaban J connectivity index is 1.93. The summed E-state index contributed by atoms with van der Waals surface area (Å²) >= 11 is 0. The summed E-state index contributed by atoms with van der Waals surface area (Å²) in [7, 11) is 1.63. The van der Waals surface area contributed by atoms with Crippen molar-refractivity contribution in [2.24, 2.45) is 5.18 Å². The molecule has 1 aromatic carbocycles. The second-order valence-electron chi connectivity index (χ2n) is 6.11. The van der Waals surface area contributed by atoms with Gasteiger partial charge in [-0.05, 0) is 37.0 Å². The number of carbonyl (C=O) groups is 1. The van der Waals surface area contributed by atoms with Crippen molar-refractivity contribution in [1.29, 1.82) is 0 Å². The first-order chi connectivity index (χ1) is 11.5. The minimum absolute atomic E-state index is 0.00777. The van der Waals surface area contributed by atoms with Crippen LogP contribution >= 0.6 is 0 Å². The maximum absolute atomic E-state index is 12.5. The normalized spacial score (nSPS) is 15.8. The lowest BCUT2D eigenvalue weighted by molar-refractivity contribution is -0.684. The molecular weight excluding hydrogens is 306 g/mol. The standard InChI is InChI=1S/C18H19N3O3/c1-12-10-15(18(23)17-13(12)6-7-14(17)19-24)20(2)16(22)11-21-8-4-3-5-9-21/h3-5,8-10,14H,6-7,11H2,1-2H3/p+1. The van der Waals surface area contributed by atoms with E-state index in [9.17, 15) is 14.8 Å². The van der Waals surface area contributed by atoms with E-state index in [-0.39, 0.29) is 18.2 Å². The van der Waals surface area contributed by atoms with Gasteiger partial charge in [0.25, 0.3) is 5.91 Å². The number of hydrogen-bond acceptors (Lipinski definition) is 4. The van der Waals surface area contributed by atoms with Gasteiger partial charge in [0.05, 0.1) is 5.69 Å². The molecule has 124 valence electrons. The Morgan fingerprint density at radius 2 is 2.08 bits per heavy atom. The SMILES string of the molecule is Cc1cc(N(C)C(=O)C[n+]2ccccc2)c(O)c2c1CCC2N=O. The van der Waals surface area contributed by atoms with Crippen molar-refractivity contribution < 1.29 is 14.5 Å². The number of anilines is 1. The Bertz CT molecular complexity index is 790. The predicted octanol–water partition coefficient (Wildman–Crippen LogP) is 2.40. The number of rotatable bonds is 4. The van der Waals surface area contributed by atoms with Crippen LogP contribution in [-0.2, 0) is 17.8 Å². The zero-order chi connectivity index (χ0) is 17.3. The van der Waals surface area contributed by atoms with E-state index in [1.54, 1.807) is 17.7 Å². The molecular formula is C18H20N3O3+. The highest BCUT2D eigenvalue weighted by atomic mass is 16.3. The van der Waals surface area contributed by atoms with E-state index in [0.29, 0.717) is 17.7 Å². The van der Waals surface area contributed by atoms with E-state index in [4.69, 9.17) is 0 Å². The highest BCUT2D eigenvalue weighted by Gasteiger charge is 2.31. The van der Waals surface area contributed by atoms with E-state index in [1.807, 2.05) is 37.5 Å². The number of hydrogen-bond donors (Lipinski definition) is 1. The molecule has 6 heteroatoms. The van der Waals surface area contributed by atoms with Crippen LogP contribution in [0.2, 0.25) is 0 Å². The van der Waals surface area contributed by atoms with Gasteiger partial charge >= 0.3 is 0 Å². The van der Waals surface area contributed by atoms with Gasteiger partial charge in [0, 0.05) is 24.7 Å². The maximum atomic E-state index is 12.5. The van der Waals surface area contributed by atoms with Crippen LogP contribution in [0.15, 0.2) is 41.8 Å². The number of phenols is 1. The number of likely N-dealkylation sites (N-methyl/N-ethyl adjacent to an activating group) is 1. The Kier molecular flexibility index (Phi) is 4.29. The van der Waals surface area contributed by atoms with E-state index < -0.39 is 6.04 Å². The van der Waals surface area contributed by atoms with Crippen LogP contribution in [0.5, 0.6) is 5.75 Å². The smallest absolute Gasteiger partial charge is 0.292 e. The number of nitrogens with zero attached hydrogens (tertiary/aromatic N) is 3. The van der Waals surface area contributed by atoms with Crippen LogP contribution in [0.3, 0.4) is 0 Å². The van der Waals surface area contributed by atoms with Gasteiger partial charge in [-0.1, -0.05) is 11.2 Å². The molecule has 1 unspecified atom stereocenters. The Morgan fingerprint density at radius 3 is 2.75 bits per heavy atom. The van der Waals surface area contributed by atoms with Crippen molar-refractivity contribution in [1.82, 2.24) is 0 Å². The highest BCUT2D eigenvalue weighted by molar-refractivity contribution is 5.94. The number of benzene rings is 1. The number of phenolic OH excluding ortho intramolecular Hbond substituents is 1. The second-order valence-corrected chi connectivity index (χ2v) is 6.11. The fraction of sp³-hybridized carbons (Fsp3) is 0.333. The average molecular weight is 326 g/mol. The molecule has 2 aromatic rings. The highest BCUT2D eigenvalue weighted by Crippen LogP contribution is 2.46. The van der Waals surface area contributed by atoms with Crippen LogP contribution in [-0.4, -0.2) is 18.1 Å². The van der Waals surface area contributed by atoms with Gasteiger partial charge in [0.15, 0.2) is 12.4 Å². The quantitative estimate of drug-likeness (QED) is 0.692. The van der Waals surface area contributed by atoms with Gasteiger partial charge in [-0.25, -0.2) is 0 Å². The summed E-state index contributed by atoms with van der Waals surface area (Å²) in [5.74, 6) is -0.166. The van der Waals surface area contributed by atoms with Crippen LogP contribution in [0.1, 0.15) is 29.2 Å². The Hall–Kier alpha value is -2.76.